The summed E-state index contributed by atoms with van der Waals surface area (Å²) in [4.78, 5) is 8.87. The monoisotopic (exact) mass is 488 g/mol. The van der Waals surface area contributed by atoms with E-state index >= 15 is 0 Å². The number of rotatable bonds is 6. The number of aliphatic imine (C=N–C) groups is 1. The molecule has 0 bridgehead atoms. The third kappa shape index (κ3) is 5.45. The van der Waals surface area contributed by atoms with Crippen molar-refractivity contribution < 1.29 is 0 Å². The Morgan fingerprint density at radius 2 is 1.89 bits per heavy atom. The molecule has 146 valence electrons. The van der Waals surface area contributed by atoms with Crippen molar-refractivity contribution in [1.29, 1.82) is 5.26 Å². The molecular formula is C21H25IN6. The maximum atomic E-state index is 8.85. The maximum absolute atomic E-state index is 8.85. The molecule has 2 N–H and O–H groups in total. The molecule has 0 spiro atoms. The third-order valence-corrected chi connectivity index (χ3v) is 4.46. The first-order valence-corrected chi connectivity index (χ1v) is 9.06. The number of imidazole rings is 1. The Morgan fingerprint density at radius 1 is 1.14 bits per heavy atom. The van der Waals surface area contributed by atoms with Gasteiger partial charge in [-0.05, 0) is 43.2 Å². The summed E-state index contributed by atoms with van der Waals surface area (Å²) in [5.41, 5.74) is 4.00. The van der Waals surface area contributed by atoms with E-state index in [-0.39, 0.29) is 24.0 Å². The van der Waals surface area contributed by atoms with Gasteiger partial charge in [-0.2, -0.15) is 5.26 Å². The summed E-state index contributed by atoms with van der Waals surface area (Å²) < 4.78 is 2.25. The van der Waals surface area contributed by atoms with Crippen molar-refractivity contribution in [1.82, 2.24) is 20.2 Å². The molecule has 28 heavy (non-hydrogen) atoms. The number of guanidine groups is 1. The van der Waals surface area contributed by atoms with Crippen LogP contribution in [-0.2, 0) is 13.1 Å². The number of aryl methyl sites for hydroxylation is 2. The molecule has 0 atom stereocenters. The highest BCUT2D eigenvalue weighted by Gasteiger charge is 2.06. The Hall–Kier alpha value is -2.60. The van der Waals surface area contributed by atoms with Crippen molar-refractivity contribution in [3.63, 3.8) is 0 Å². The van der Waals surface area contributed by atoms with E-state index in [1.54, 1.807) is 7.05 Å². The number of benzene rings is 2. The van der Waals surface area contributed by atoms with E-state index in [1.807, 2.05) is 49.4 Å². The van der Waals surface area contributed by atoms with Gasteiger partial charge in [-0.15, -0.1) is 24.0 Å². The molecule has 2 aromatic carbocycles. The van der Waals surface area contributed by atoms with Crippen LogP contribution in [0.2, 0.25) is 0 Å². The minimum atomic E-state index is 0. The zero-order chi connectivity index (χ0) is 19.1. The van der Waals surface area contributed by atoms with Crippen molar-refractivity contribution >= 4 is 41.0 Å². The van der Waals surface area contributed by atoms with Crippen LogP contribution in [-0.4, -0.2) is 29.1 Å². The largest absolute Gasteiger partial charge is 0.356 e. The maximum Gasteiger partial charge on any atom is 0.191 e. The molecule has 0 saturated heterocycles. The second-order valence-corrected chi connectivity index (χ2v) is 6.31. The lowest BCUT2D eigenvalue weighted by Gasteiger charge is -2.13. The zero-order valence-corrected chi connectivity index (χ0v) is 18.5. The van der Waals surface area contributed by atoms with Gasteiger partial charge in [-0.25, -0.2) is 4.98 Å². The average Bonchev–Trinajstić information content (AvgIpc) is 3.03. The van der Waals surface area contributed by atoms with Gasteiger partial charge in [0.1, 0.15) is 5.82 Å². The lowest BCUT2D eigenvalue weighted by Crippen LogP contribution is -2.37. The predicted molar refractivity (Wildman–Crippen MR) is 124 cm³/mol. The highest BCUT2D eigenvalue weighted by Crippen LogP contribution is 2.15. The Labute approximate surface area is 182 Å². The Balaban J connectivity index is 0.00000280. The molecule has 0 aliphatic rings. The van der Waals surface area contributed by atoms with Crippen molar-refractivity contribution in [3.05, 3.63) is 65.5 Å². The van der Waals surface area contributed by atoms with Crippen molar-refractivity contribution in [2.24, 2.45) is 4.99 Å². The van der Waals surface area contributed by atoms with E-state index in [0.29, 0.717) is 12.1 Å². The molecule has 0 amide bonds. The number of aromatic nitrogens is 2. The topological polar surface area (TPSA) is 78.0 Å². The van der Waals surface area contributed by atoms with Gasteiger partial charge in [0.05, 0.1) is 22.7 Å². The van der Waals surface area contributed by atoms with E-state index in [4.69, 9.17) is 5.26 Å². The first kappa shape index (κ1) is 21.7. The fourth-order valence-electron chi connectivity index (χ4n) is 3.03. The first-order chi connectivity index (χ1) is 13.2. The van der Waals surface area contributed by atoms with E-state index in [2.05, 4.69) is 37.3 Å². The second kappa shape index (κ2) is 10.7. The normalized spacial score (nSPS) is 11.0. The second-order valence-electron chi connectivity index (χ2n) is 6.31. The minimum Gasteiger partial charge on any atom is -0.356 e. The molecule has 3 rings (SSSR count). The van der Waals surface area contributed by atoms with Gasteiger partial charge >= 0.3 is 0 Å². The third-order valence-electron chi connectivity index (χ3n) is 4.46. The molecule has 0 aliphatic heterocycles. The fraction of sp³-hybridized carbons (Fsp3) is 0.286. The van der Waals surface area contributed by atoms with Gasteiger partial charge in [0.25, 0.3) is 0 Å². The minimum absolute atomic E-state index is 0. The molecule has 0 fully saturated rings. The van der Waals surface area contributed by atoms with Crippen molar-refractivity contribution in [3.8, 4) is 6.07 Å². The summed E-state index contributed by atoms with van der Waals surface area (Å²) in [6, 6.07) is 17.9. The van der Waals surface area contributed by atoms with E-state index < -0.39 is 0 Å². The molecule has 6 nitrogen and oxygen atoms in total. The van der Waals surface area contributed by atoms with E-state index in [1.165, 1.54) is 5.52 Å². The molecule has 0 unspecified atom stereocenters. The quantitative estimate of drug-likeness (QED) is 0.241. The number of hydrogen-bond donors (Lipinski definition) is 2. The van der Waals surface area contributed by atoms with Crippen molar-refractivity contribution in [2.45, 2.75) is 26.4 Å². The van der Waals surface area contributed by atoms with Gasteiger partial charge in [-0.1, -0.05) is 24.3 Å². The average molecular weight is 488 g/mol. The van der Waals surface area contributed by atoms with Gasteiger partial charge < -0.3 is 15.2 Å². The van der Waals surface area contributed by atoms with Gasteiger partial charge in [0, 0.05) is 26.7 Å². The molecule has 7 heteroatoms. The standard InChI is InChI=1S/C21H24N6.HI/c1-16-26-19-6-3-4-7-20(19)27(16)13-5-12-24-21(23-2)25-15-18-10-8-17(14-22)9-11-18;/h3-4,6-11H,5,12-13,15H2,1-2H3,(H2,23,24,25);1H. The van der Waals surface area contributed by atoms with E-state index in [0.717, 1.165) is 42.4 Å². The van der Waals surface area contributed by atoms with Crippen LogP contribution in [0.3, 0.4) is 0 Å². The van der Waals surface area contributed by atoms with E-state index in [9.17, 15) is 0 Å². The fourth-order valence-corrected chi connectivity index (χ4v) is 3.03. The summed E-state index contributed by atoms with van der Waals surface area (Å²) >= 11 is 0. The molecule has 0 aliphatic carbocycles. The molecular weight excluding hydrogens is 463 g/mol. The molecule has 3 aromatic rings. The summed E-state index contributed by atoms with van der Waals surface area (Å²) in [6.45, 7) is 4.44. The highest BCUT2D eigenvalue weighted by molar-refractivity contribution is 14.0. The van der Waals surface area contributed by atoms with Crippen LogP contribution < -0.4 is 10.6 Å². The van der Waals surface area contributed by atoms with Crippen LogP contribution >= 0.6 is 24.0 Å². The van der Waals surface area contributed by atoms with Crippen LogP contribution in [0.4, 0.5) is 0 Å². The Kier molecular flexibility index (Phi) is 8.26. The van der Waals surface area contributed by atoms with Crippen LogP contribution in [0.5, 0.6) is 0 Å². The van der Waals surface area contributed by atoms with Crippen LogP contribution in [0.15, 0.2) is 53.5 Å². The Morgan fingerprint density at radius 3 is 2.61 bits per heavy atom. The number of halogens is 1. The summed E-state index contributed by atoms with van der Waals surface area (Å²) in [5.74, 6) is 1.81. The molecule has 0 saturated carbocycles. The van der Waals surface area contributed by atoms with Crippen molar-refractivity contribution in [2.75, 3.05) is 13.6 Å². The van der Waals surface area contributed by atoms with Gasteiger partial charge in [-0.3, -0.25) is 4.99 Å². The smallest absolute Gasteiger partial charge is 0.191 e. The lowest BCUT2D eigenvalue weighted by molar-refractivity contribution is 0.624. The highest BCUT2D eigenvalue weighted by atomic mass is 127. The molecule has 1 heterocycles. The number of nitrogens with one attached hydrogen (secondary N) is 2. The Bertz CT molecular complexity index is 969. The van der Waals surface area contributed by atoms with Gasteiger partial charge in [0.15, 0.2) is 5.96 Å². The van der Waals surface area contributed by atoms with Gasteiger partial charge in [0.2, 0.25) is 0 Å². The number of hydrogen-bond acceptors (Lipinski definition) is 3. The number of nitrogens with zero attached hydrogens (tertiary/aromatic N) is 4. The zero-order valence-electron chi connectivity index (χ0n) is 16.1. The summed E-state index contributed by atoms with van der Waals surface area (Å²) in [6.07, 6.45) is 0.971. The first-order valence-electron chi connectivity index (χ1n) is 9.06. The number of nitriles is 1. The summed E-state index contributed by atoms with van der Waals surface area (Å²) in [5, 5.41) is 15.5. The molecule has 0 radical (unpaired) electrons. The van der Waals surface area contributed by atoms with Crippen LogP contribution in [0, 0.1) is 18.3 Å². The van der Waals surface area contributed by atoms with Crippen LogP contribution in [0.25, 0.3) is 11.0 Å². The SMILES string of the molecule is CN=C(NCCCn1c(C)nc2ccccc21)NCc1ccc(C#N)cc1.I. The summed E-state index contributed by atoms with van der Waals surface area (Å²) in [7, 11) is 1.77. The number of para-hydroxylation sites is 2. The number of fused-ring (bicyclic) bond motifs is 1. The molecule has 1 aromatic heterocycles. The lowest BCUT2D eigenvalue weighted by atomic mass is 10.1. The van der Waals surface area contributed by atoms with Crippen LogP contribution in [0.1, 0.15) is 23.4 Å². The predicted octanol–water partition coefficient (Wildman–Crippen LogP) is 3.59.